The van der Waals surface area contributed by atoms with Gasteiger partial charge in [0.15, 0.2) is 17.5 Å². The first-order chi connectivity index (χ1) is 24.2. The Morgan fingerprint density at radius 3 is 1.69 bits per heavy atom. The van der Waals surface area contributed by atoms with Crippen LogP contribution in [0.4, 0.5) is 0 Å². The molecular weight excluding hydrogens is 626 g/mol. The maximum atomic E-state index is 6.46. The molecule has 7 aromatic carbocycles. The Morgan fingerprint density at radius 2 is 0.918 bits per heavy atom. The van der Waals surface area contributed by atoms with Crippen LogP contribution in [0.25, 0.3) is 99.9 Å². The molecule has 0 N–H and O–H groups in total. The van der Waals surface area contributed by atoms with E-state index in [-0.39, 0.29) is 0 Å². The number of nitrogens with zero attached hydrogens (tertiary/aromatic N) is 3. The first kappa shape index (κ1) is 27.8. The summed E-state index contributed by atoms with van der Waals surface area (Å²) < 4.78 is 12.5. The summed E-state index contributed by atoms with van der Waals surface area (Å²) in [4.78, 5) is 15.3. The van der Waals surface area contributed by atoms with Gasteiger partial charge in [0.05, 0.1) is 0 Å². The summed E-state index contributed by atoms with van der Waals surface area (Å²) in [5.41, 5.74) is 8.11. The molecule has 10 rings (SSSR count). The largest absolute Gasteiger partial charge is 0.456 e. The van der Waals surface area contributed by atoms with Crippen molar-refractivity contribution in [3.63, 3.8) is 0 Å². The van der Waals surface area contributed by atoms with Crippen molar-refractivity contribution < 1.29 is 8.83 Å². The summed E-state index contributed by atoms with van der Waals surface area (Å²) in [6.07, 6.45) is 0. The van der Waals surface area contributed by atoms with Gasteiger partial charge in [-0.05, 0) is 64.4 Å². The lowest BCUT2D eigenvalue weighted by Crippen LogP contribution is -2.01. The van der Waals surface area contributed by atoms with Crippen LogP contribution in [-0.4, -0.2) is 15.0 Å². The third-order valence-corrected chi connectivity index (χ3v) is 9.46. The van der Waals surface area contributed by atoms with E-state index in [4.69, 9.17) is 35.4 Å². The van der Waals surface area contributed by atoms with E-state index in [1.807, 2.05) is 91.0 Å². The highest BCUT2D eigenvalue weighted by molar-refractivity contribution is 6.32. The van der Waals surface area contributed by atoms with E-state index in [1.54, 1.807) is 0 Å². The minimum Gasteiger partial charge on any atom is -0.456 e. The number of para-hydroxylation sites is 1. The third-order valence-electron chi connectivity index (χ3n) is 9.22. The van der Waals surface area contributed by atoms with Crippen LogP contribution in [0.3, 0.4) is 0 Å². The number of hydrogen-bond acceptors (Lipinski definition) is 5. The van der Waals surface area contributed by atoms with Crippen molar-refractivity contribution in [2.24, 2.45) is 0 Å². The van der Waals surface area contributed by atoms with Crippen molar-refractivity contribution in [2.45, 2.75) is 0 Å². The molecule has 3 heterocycles. The Hall–Kier alpha value is -6.30. The lowest BCUT2D eigenvalue weighted by molar-refractivity contribution is 0.668. The van der Waals surface area contributed by atoms with Gasteiger partial charge >= 0.3 is 0 Å². The van der Waals surface area contributed by atoms with Gasteiger partial charge in [-0.2, -0.15) is 0 Å². The summed E-state index contributed by atoms with van der Waals surface area (Å²) in [6, 6.07) is 48.8. The van der Waals surface area contributed by atoms with Crippen molar-refractivity contribution in [2.75, 3.05) is 0 Å². The third kappa shape index (κ3) is 4.44. The molecule has 49 heavy (non-hydrogen) atoms. The zero-order valence-corrected chi connectivity index (χ0v) is 26.6. The molecule has 0 saturated carbocycles. The smallest absolute Gasteiger partial charge is 0.164 e. The molecule has 3 aromatic heterocycles. The van der Waals surface area contributed by atoms with Gasteiger partial charge in [0, 0.05) is 43.3 Å². The fourth-order valence-electron chi connectivity index (χ4n) is 7.05. The molecule has 0 aliphatic heterocycles. The number of halogens is 1. The second kappa shape index (κ2) is 10.9. The number of benzene rings is 7. The Balaban J connectivity index is 1.23. The van der Waals surface area contributed by atoms with Gasteiger partial charge in [-0.15, -0.1) is 0 Å². The van der Waals surface area contributed by atoms with Crippen molar-refractivity contribution >= 4 is 66.3 Å². The molecule has 0 unspecified atom stereocenters. The molecule has 0 aliphatic rings. The Bertz CT molecular complexity index is 2910. The van der Waals surface area contributed by atoms with Gasteiger partial charge in [-0.25, -0.2) is 15.0 Å². The van der Waals surface area contributed by atoms with Gasteiger partial charge in [-0.3, -0.25) is 0 Å². The van der Waals surface area contributed by atoms with Crippen LogP contribution in [0.1, 0.15) is 0 Å². The van der Waals surface area contributed by atoms with E-state index in [9.17, 15) is 0 Å². The maximum Gasteiger partial charge on any atom is 0.164 e. The lowest BCUT2D eigenvalue weighted by Gasteiger charge is -2.14. The fourth-order valence-corrected chi connectivity index (χ4v) is 7.22. The standard InChI is InChI=1S/C43H24ClN3O2/c44-26-20-23-36-34(24-26)39-30(15-8-18-37(39)49-36)29-21-22-31(28-13-5-4-12-27(28)29)42-45-41(25-10-2-1-3-11-25)46-43(47-42)33-16-9-19-38-40(33)32-14-6-7-17-35(32)48-38/h1-24H. The molecule has 10 aromatic rings. The number of rotatable bonds is 4. The maximum absolute atomic E-state index is 6.46. The summed E-state index contributed by atoms with van der Waals surface area (Å²) in [7, 11) is 0. The van der Waals surface area contributed by atoms with Crippen molar-refractivity contribution in [3.8, 4) is 45.3 Å². The van der Waals surface area contributed by atoms with Crippen molar-refractivity contribution in [3.05, 3.63) is 151 Å². The predicted molar refractivity (Wildman–Crippen MR) is 199 cm³/mol. The van der Waals surface area contributed by atoms with E-state index >= 15 is 0 Å². The van der Waals surface area contributed by atoms with Crippen LogP contribution in [0.2, 0.25) is 5.02 Å². The van der Waals surface area contributed by atoms with Gasteiger partial charge in [0.1, 0.15) is 22.3 Å². The summed E-state index contributed by atoms with van der Waals surface area (Å²) in [6.45, 7) is 0. The van der Waals surface area contributed by atoms with E-state index in [2.05, 4.69) is 54.6 Å². The monoisotopic (exact) mass is 649 g/mol. The van der Waals surface area contributed by atoms with Crippen molar-refractivity contribution in [1.82, 2.24) is 15.0 Å². The van der Waals surface area contributed by atoms with E-state index < -0.39 is 0 Å². The quantitative estimate of drug-likeness (QED) is 0.190. The van der Waals surface area contributed by atoms with Gasteiger partial charge < -0.3 is 8.83 Å². The summed E-state index contributed by atoms with van der Waals surface area (Å²) in [5.74, 6) is 1.78. The minimum atomic E-state index is 0.584. The van der Waals surface area contributed by atoms with Crippen LogP contribution in [-0.2, 0) is 0 Å². The average molecular weight is 650 g/mol. The van der Waals surface area contributed by atoms with E-state index in [1.165, 1.54) is 0 Å². The van der Waals surface area contributed by atoms with Gasteiger partial charge in [-0.1, -0.05) is 115 Å². The van der Waals surface area contributed by atoms with Crippen LogP contribution >= 0.6 is 11.6 Å². The van der Waals surface area contributed by atoms with Gasteiger partial charge in [0.25, 0.3) is 0 Å². The second-order valence-corrected chi connectivity index (χ2v) is 12.5. The number of hydrogen-bond donors (Lipinski definition) is 0. The highest BCUT2D eigenvalue weighted by Gasteiger charge is 2.20. The zero-order valence-electron chi connectivity index (χ0n) is 25.9. The van der Waals surface area contributed by atoms with Crippen LogP contribution in [0.15, 0.2) is 154 Å². The summed E-state index contributed by atoms with van der Waals surface area (Å²) >= 11 is 6.46. The number of fused-ring (bicyclic) bond motifs is 7. The van der Waals surface area contributed by atoms with Gasteiger partial charge in [0.2, 0.25) is 0 Å². The van der Waals surface area contributed by atoms with Crippen LogP contribution in [0, 0.1) is 0 Å². The molecule has 0 amide bonds. The van der Waals surface area contributed by atoms with Crippen LogP contribution in [0.5, 0.6) is 0 Å². The normalized spacial score (nSPS) is 11.8. The topological polar surface area (TPSA) is 65.0 Å². The molecule has 0 radical (unpaired) electrons. The molecule has 0 spiro atoms. The molecule has 5 nitrogen and oxygen atoms in total. The second-order valence-electron chi connectivity index (χ2n) is 12.1. The molecule has 0 atom stereocenters. The minimum absolute atomic E-state index is 0.584. The Morgan fingerprint density at radius 1 is 0.367 bits per heavy atom. The fraction of sp³-hybridized carbons (Fsp3) is 0. The molecule has 230 valence electrons. The van der Waals surface area contributed by atoms with Crippen molar-refractivity contribution in [1.29, 1.82) is 0 Å². The molecule has 0 bridgehead atoms. The highest BCUT2D eigenvalue weighted by Crippen LogP contribution is 2.42. The first-order valence-corrected chi connectivity index (χ1v) is 16.4. The SMILES string of the molecule is Clc1ccc2oc3cccc(-c4ccc(-c5nc(-c6ccccc6)nc(-c6cccc7oc8ccccc8c67)n5)c5ccccc45)c3c2c1. The van der Waals surface area contributed by atoms with E-state index in [0.717, 1.165) is 82.5 Å². The molecule has 0 fully saturated rings. The van der Waals surface area contributed by atoms with E-state index in [0.29, 0.717) is 22.5 Å². The van der Waals surface area contributed by atoms with Crippen LogP contribution < -0.4 is 0 Å². The number of furan rings is 2. The summed E-state index contributed by atoms with van der Waals surface area (Å²) in [5, 5.41) is 6.81. The Kier molecular flexibility index (Phi) is 6.16. The predicted octanol–water partition coefficient (Wildman–Crippen LogP) is 12.1. The Labute approximate surface area is 285 Å². The molecular formula is C43H24ClN3O2. The molecule has 0 saturated heterocycles. The first-order valence-electron chi connectivity index (χ1n) is 16.0. The number of aromatic nitrogens is 3. The average Bonchev–Trinajstić information content (AvgIpc) is 3.73. The molecule has 0 aliphatic carbocycles. The lowest BCUT2D eigenvalue weighted by atomic mass is 9.92. The molecule has 6 heteroatoms. The zero-order chi connectivity index (χ0) is 32.5. The highest BCUT2D eigenvalue weighted by atomic mass is 35.5.